The van der Waals surface area contributed by atoms with Crippen molar-refractivity contribution in [1.82, 2.24) is 10.3 Å². The van der Waals surface area contributed by atoms with Crippen molar-refractivity contribution in [2.75, 3.05) is 12.8 Å². The van der Waals surface area contributed by atoms with Crippen molar-refractivity contribution in [2.24, 2.45) is 0 Å². The van der Waals surface area contributed by atoms with Crippen LogP contribution in [-0.4, -0.2) is 17.8 Å². The normalized spacial score (nSPS) is 12.6. The molecule has 2 aromatic rings. The third-order valence-electron chi connectivity index (χ3n) is 3.07. The van der Waals surface area contributed by atoms with Crippen LogP contribution in [0.1, 0.15) is 30.5 Å². The number of hydrogen-bond acceptors (Lipinski definition) is 4. The zero-order valence-corrected chi connectivity index (χ0v) is 13.5. The molecule has 0 aliphatic carbocycles. The van der Waals surface area contributed by atoms with Gasteiger partial charge in [-0.25, -0.2) is 4.98 Å². The lowest BCUT2D eigenvalue weighted by atomic mass is 10.2. The first-order valence-electron chi connectivity index (χ1n) is 6.50. The van der Waals surface area contributed by atoms with Gasteiger partial charge in [0.05, 0.1) is 5.69 Å². The Kier molecular flexibility index (Phi) is 5.02. The molecule has 1 unspecified atom stereocenters. The number of nitrogens with one attached hydrogen (secondary N) is 1. The van der Waals surface area contributed by atoms with Crippen molar-refractivity contribution in [1.29, 1.82) is 0 Å². The molecule has 0 spiro atoms. The van der Waals surface area contributed by atoms with Crippen LogP contribution in [0.15, 0.2) is 29.2 Å². The Balaban J connectivity index is 2.27. The molecule has 1 aromatic heterocycles. The molecule has 0 saturated carbocycles. The van der Waals surface area contributed by atoms with Crippen LogP contribution in [0, 0.1) is 6.92 Å². The second-order valence-electron chi connectivity index (χ2n) is 4.48. The number of thioether (sulfide) groups is 1. The molecule has 0 fully saturated rings. The molecule has 0 amide bonds. The van der Waals surface area contributed by atoms with Gasteiger partial charge in [0.15, 0.2) is 0 Å². The number of thiazole rings is 1. The van der Waals surface area contributed by atoms with Crippen molar-refractivity contribution in [3.8, 4) is 10.6 Å². The van der Waals surface area contributed by atoms with E-state index >= 15 is 0 Å². The summed E-state index contributed by atoms with van der Waals surface area (Å²) in [5.74, 6) is 0. The summed E-state index contributed by atoms with van der Waals surface area (Å²) in [6.07, 6.45) is 2.10. The van der Waals surface area contributed by atoms with Crippen LogP contribution in [0.25, 0.3) is 10.6 Å². The van der Waals surface area contributed by atoms with E-state index in [4.69, 9.17) is 4.98 Å². The molecule has 0 aliphatic rings. The number of aryl methyl sites for hydroxylation is 1. The molecule has 4 heteroatoms. The summed E-state index contributed by atoms with van der Waals surface area (Å²) in [5.41, 5.74) is 2.35. The molecule has 0 bridgehead atoms. The minimum Gasteiger partial charge on any atom is -0.310 e. The van der Waals surface area contributed by atoms with E-state index in [9.17, 15) is 0 Å². The number of nitrogens with zero attached hydrogens (tertiary/aromatic N) is 1. The van der Waals surface area contributed by atoms with E-state index in [1.165, 1.54) is 15.3 Å². The van der Waals surface area contributed by atoms with Gasteiger partial charge in [0.2, 0.25) is 0 Å². The predicted molar refractivity (Wildman–Crippen MR) is 86.2 cm³/mol. The van der Waals surface area contributed by atoms with Crippen molar-refractivity contribution >= 4 is 23.1 Å². The molecule has 2 rings (SSSR count). The summed E-state index contributed by atoms with van der Waals surface area (Å²) in [4.78, 5) is 7.34. The summed E-state index contributed by atoms with van der Waals surface area (Å²) in [6, 6.07) is 9.01. The molecule has 1 N–H and O–H groups in total. The number of benzene rings is 1. The van der Waals surface area contributed by atoms with Crippen molar-refractivity contribution < 1.29 is 0 Å². The fourth-order valence-corrected chi connectivity index (χ4v) is 3.57. The lowest BCUT2D eigenvalue weighted by molar-refractivity contribution is 0.603. The third kappa shape index (κ3) is 3.38. The monoisotopic (exact) mass is 292 g/mol. The average molecular weight is 292 g/mol. The van der Waals surface area contributed by atoms with Crippen LogP contribution in [0.5, 0.6) is 0 Å². The lowest BCUT2D eigenvalue weighted by Crippen LogP contribution is -2.17. The minimum absolute atomic E-state index is 0.377. The molecular weight excluding hydrogens is 272 g/mol. The smallest absolute Gasteiger partial charge is 0.123 e. The van der Waals surface area contributed by atoms with Gasteiger partial charge in [-0.3, -0.25) is 0 Å². The van der Waals surface area contributed by atoms with Crippen LogP contribution in [0.2, 0.25) is 0 Å². The highest BCUT2D eigenvalue weighted by Gasteiger charge is 2.14. The van der Waals surface area contributed by atoms with Crippen molar-refractivity contribution in [3.05, 3.63) is 34.8 Å². The van der Waals surface area contributed by atoms with Gasteiger partial charge in [0.25, 0.3) is 0 Å². The van der Waals surface area contributed by atoms with Crippen molar-refractivity contribution in [2.45, 2.75) is 31.7 Å². The highest BCUT2D eigenvalue weighted by atomic mass is 32.2. The van der Waals surface area contributed by atoms with Crippen LogP contribution in [-0.2, 0) is 0 Å². The molecule has 19 heavy (non-hydrogen) atoms. The van der Waals surface area contributed by atoms with Crippen molar-refractivity contribution in [3.63, 3.8) is 0 Å². The van der Waals surface area contributed by atoms with Gasteiger partial charge in [-0.05, 0) is 38.8 Å². The number of rotatable bonds is 5. The van der Waals surface area contributed by atoms with E-state index in [1.807, 2.05) is 0 Å². The van der Waals surface area contributed by atoms with Crippen LogP contribution >= 0.6 is 23.1 Å². The first-order valence-corrected chi connectivity index (χ1v) is 8.55. The topological polar surface area (TPSA) is 24.9 Å². The van der Waals surface area contributed by atoms with Gasteiger partial charge >= 0.3 is 0 Å². The molecule has 0 saturated heterocycles. The molecule has 2 nitrogen and oxygen atoms in total. The van der Waals surface area contributed by atoms with Gasteiger partial charge in [-0.15, -0.1) is 23.1 Å². The van der Waals surface area contributed by atoms with Gasteiger partial charge in [-0.2, -0.15) is 0 Å². The SMILES string of the molecule is CCNC(C)c1sc(-c2ccc(SC)cc2)nc1C. The number of hydrogen-bond donors (Lipinski definition) is 1. The third-order valence-corrected chi connectivity index (χ3v) is 5.21. The lowest BCUT2D eigenvalue weighted by Gasteiger charge is -2.09. The second-order valence-corrected chi connectivity index (χ2v) is 6.39. The van der Waals surface area contributed by atoms with Gasteiger partial charge in [-0.1, -0.05) is 19.1 Å². The average Bonchev–Trinajstić information content (AvgIpc) is 2.81. The van der Waals surface area contributed by atoms with E-state index in [0.717, 1.165) is 17.2 Å². The molecule has 1 atom stereocenters. The van der Waals surface area contributed by atoms with Crippen LogP contribution in [0.3, 0.4) is 0 Å². The Hall–Kier alpha value is -0.840. The van der Waals surface area contributed by atoms with Gasteiger partial charge < -0.3 is 5.32 Å². The molecule has 1 aromatic carbocycles. The van der Waals surface area contributed by atoms with Gasteiger partial charge in [0.1, 0.15) is 5.01 Å². The summed E-state index contributed by atoms with van der Waals surface area (Å²) in [7, 11) is 0. The zero-order chi connectivity index (χ0) is 13.8. The molecule has 0 aliphatic heterocycles. The number of aromatic nitrogens is 1. The Morgan fingerprint density at radius 2 is 2.00 bits per heavy atom. The second kappa shape index (κ2) is 6.55. The molecule has 0 radical (unpaired) electrons. The standard InChI is InChI=1S/C15H20N2S2/c1-5-16-10(2)14-11(3)17-15(19-14)12-6-8-13(18-4)9-7-12/h6-10,16H,5H2,1-4H3. The first-order chi connectivity index (χ1) is 9.15. The Labute approximate surface area is 123 Å². The van der Waals surface area contributed by atoms with E-state index in [2.05, 4.69) is 56.6 Å². The Bertz CT molecular complexity index is 532. The summed E-state index contributed by atoms with van der Waals surface area (Å²) < 4.78 is 0. The largest absolute Gasteiger partial charge is 0.310 e. The highest BCUT2D eigenvalue weighted by molar-refractivity contribution is 7.98. The molecular formula is C15H20N2S2. The summed E-state index contributed by atoms with van der Waals surface area (Å²) >= 11 is 3.56. The summed E-state index contributed by atoms with van der Waals surface area (Å²) in [6.45, 7) is 7.41. The van der Waals surface area contributed by atoms with E-state index in [1.54, 1.807) is 23.1 Å². The Morgan fingerprint density at radius 3 is 2.58 bits per heavy atom. The van der Waals surface area contributed by atoms with E-state index in [0.29, 0.717) is 6.04 Å². The fraction of sp³-hybridized carbons (Fsp3) is 0.400. The molecule has 1 heterocycles. The van der Waals surface area contributed by atoms with E-state index in [-0.39, 0.29) is 0 Å². The first kappa shape index (κ1) is 14.6. The maximum atomic E-state index is 4.71. The zero-order valence-electron chi connectivity index (χ0n) is 11.9. The minimum atomic E-state index is 0.377. The fourth-order valence-electron chi connectivity index (χ4n) is 2.07. The maximum Gasteiger partial charge on any atom is 0.123 e. The maximum absolute atomic E-state index is 4.71. The van der Waals surface area contributed by atoms with Crippen LogP contribution < -0.4 is 5.32 Å². The Morgan fingerprint density at radius 1 is 1.32 bits per heavy atom. The highest BCUT2D eigenvalue weighted by Crippen LogP contribution is 2.32. The van der Waals surface area contributed by atoms with Crippen LogP contribution in [0.4, 0.5) is 0 Å². The van der Waals surface area contributed by atoms with Gasteiger partial charge in [0, 0.05) is 21.4 Å². The summed E-state index contributed by atoms with van der Waals surface area (Å²) in [5, 5.41) is 4.57. The quantitative estimate of drug-likeness (QED) is 0.821. The predicted octanol–water partition coefficient (Wildman–Crippen LogP) is 4.51. The molecule has 102 valence electrons. The van der Waals surface area contributed by atoms with E-state index < -0.39 is 0 Å².